The number of hydrogen-bond acceptors (Lipinski definition) is 8. The van der Waals surface area contributed by atoms with Crippen LogP contribution in [0.3, 0.4) is 0 Å². The highest BCUT2D eigenvalue weighted by atomic mass is 32.1. The number of primary amides is 1. The van der Waals surface area contributed by atoms with Crippen molar-refractivity contribution in [3.8, 4) is 5.75 Å². The standard InChI is InChI=1S/C18H25N5O7S/c19-11(8-31)16(27)21-7-15(26)22-12(5-9-1-3-10(24)4-2-9)17(28)23-13(18(29)30)6-14(20)25/h1-4,11-13,24,31H,5-8,19H2,(H2,20,25)(H,21,27)(H,22,26)(H,23,28)(H,29,30). The second-order valence-electron chi connectivity index (χ2n) is 6.57. The number of carbonyl (C=O) groups excluding carboxylic acids is 4. The van der Waals surface area contributed by atoms with Gasteiger partial charge < -0.3 is 37.6 Å². The van der Waals surface area contributed by atoms with Crippen LogP contribution in [-0.2, 0) is 30.4 Å². The van der Waals surface area contributed by atoms with Gasteiger partial charge in [0.2, 0.25) is 23.6 Å². The van der Waals surface area contributed by atoms with E-state index in [1.54, 1.807) is 0 Å². The summed E-state index contributed by atoms with van der Waals surface area (Å²) in [5, 5.41) is 25.4. The quantitative estimate of drug-likeness (QED) is 0.154. The summed E-state index contributed by atoms with van der Waals surface area (Å²) in [4.78, 5) is 58.8. The van der Waals surface area contributed by atoms with Crippen molar-refractivity contribution in [3.63, 3.8) is 0 Å². The van der Waals surface area contributed by atoms with Crippen molar-refractivity contribution in [2.45, 2.75) is 31.0 Å². The number of aliphatic carboxylic acids is 1. The first-order valence-corrected chi connectivity index (χ1v) is 9.69. The molecule has 0 aliphatic heterocycles. The number of carboxylic acid groups (broad SMARTS) is 1. The molecule has 1 aromatic rings. The molecule has 12 nitrogen and oxygen atoms in total. The number of carbonyl (C=O) groups is 5. The van der Waals surface area contributed by atoms with Crippen LogP contribution in [0.2, 0.25) is 0 Å². The summed E-state index contributed by atoms with van der Waals surface area (Å²) >= 11 is 3.88. The van der Waals surface area contributed by atoms with Crippen LogP contribution < -0.4 is 27.4 Å². The zero-order chi connectivity index (χ0) is 23.6. The van der Waals surface area contributed by atoms with E-state index in [0.717, 1.165) is 0 Å². The number of amides is 4. The van der Waals surface area contributed by atoms with Crippen LogP contribution in [0.1, 0.15) is 12.0 Å². The Bertz CT molecular complexity index is 818. The van der Waals surface area contributed by atoms with Crippen LogP contribution in [-0.4, -0.2) is 70.2 Å². The maximum Gasteiger partial charge on any atom is 0.326 e. The molecule has 0 bridgehead atoms. The largest absolute Gasteiger partial charge is 0.508 e. The van der Waals surface area contributed by atoms with Gasteiger partial charge in [-0.2, -0.15) is 12.6 Å². The molecule has 0 aliphatic carbocycles. The van der Waals surface area contributed by atoms with Gasteiger partial charge in [0, 0.05) is 12.2 Å². The van der Waals surface area contributed by atoms with Gasteiger partial charge in [-0.3, -0.25) is 19.2 Å². The molecule has 3 unspecified atom stereocenters. The number of benzene rings is 1. The molecule has 0 radical (unpaired) electrons. The van der Waals surface area contributed by atoms with Gasteiger partial charge in [0.25, 0.3) is 0 Å². The SMILES string of the molecule is NC(=O)CC(NC(=O)C(Cc1ccc(O)cc1)NC(=O)CNC(=O)C(N)CS)C(=O)O. The van der Waals surface area contributed by atoms with Crippen LogP contribution in [0, 0.1) is 0 Å². The molecule has 0 aliphatic rings. The second kappa shape index (κ2) is 12.4. The van der Waals surface area contributed by atoms with E-state index in [2.05, 4.69) is 28.6 Å². The number of rotatable bonds is 12. The molecule has 4 amide bonds. The van der Waals surface area contributed by atoms with Gasteiger partial charge in [-0.25, -0.2) is 4.79 Å². The summed E-state index contributed by atoms with van der Waals surface area (Å²) in [6.45, 7) is -0.483. The summed E-state index contributed by atoms with van der Waals surface area (Å²) in [5.41, 5.74) is 11.0. The van der Waals surface area contributed by atoms with E-state index >= 15 is 0 Å². The number of hydrogen-bond donors (Lipinski definition) is 8. The fraction of sp³-hybridized carbons (Fsp3) is 0.389. The third-order valence-electron chi connectivity index (χ3n) is 4.00. The van der Waals surface area contributed by atoms with Crippen molar-refractivity contribution in [2.24, 2.45) is 11.5 Å². The number of nitrogens with two attached hydrogens (primary N) is 2. The van der Waals surface area contributed by atoms with E-state index in [1.165, 1.54) is 24.3 Å². The molecule has 170 valence electrons. The number of thiol groups is 1. The second-order valence-corrected chi connectivity index (χ2v) is 6.93. The molecule has 1 rings (SSSR count). The molecule has 0 spiro atoms. The minimum absolute atomic E-state index is 0.00979. The molecule has 0 saturated carbocycles. The van der Waals surface area contributed by atoms with Crippen LogP contribution in [0.5, 0.6) is 5.75 Å². The summed E-state index contributed by atoms with van der Waals surface area (Å²) in [7, 11) is 0. The maximum absolute atomic E-state index is 12.6. The number of aromatic hydroxyl groups is 1. The van der Waals surface area contributed by atoms with E-state index in [4.69, 9.17) is 11.5 Å². The van der Waals surface area contributed by atoms with Gasteiger partial charge >= 0.3 is 5.97 Å². The Kier molecular flexibility index (Phi) is 10.3. The summed E-state index contributed by atoms with van der Waals surface area (Å²) < 4.78 is 0. The minimum Gasteiger partial charge on any atom is -0.508 e. The predicted molar refractivity (Wildman–Crippen MR) is 112 cm³/mol. The molecule has 3 atom stereocenters. The summed E-state index contributed by atoms with van der Waals surface area (Å²) in [6, 6.07) is 2.01. The molecule has 31 heavy (non-hydrogen) atoms. The summed E-state index contributed by atoms with van der Waals surface area (Å²) in [6.07, 6.45) is -0.705. The van der Waals surface area contributed by atoms with Gasteiger partial charge in [-0.1, -0.05) is 12.1 Å². The number of phenols is 1. The van der Waals surface area contributed by atoms with Gasteiger partial charge in [-0.05, 0) is 17.7 Å². The Labute approximate surface area is 183 Å². The first-order valence-electron chi connectivity index (χ1n) is 9.06. The van der Waals surface area contributed by atoms with Crippen molar-refractivity contribution in [1.29, 1.82) is 0 Å². The molecule has 0 saturated heterocycles. The topological polar surface area (TPSA) is 214 Å². The van der Waals surface area contributed by atoms with Crippen molar-refractivity contribution in [2.75, 3.05) is 12.3 Å². The van der Waals surface area contributed by atoms with E-state index in [9.17, 15) is 34.2 Å². The normalized spacial score (nSPS) is 13.4. The highest BCUT2D eigenvalue weighted by Crippen LogP contribution is 2.11. The van der Waals surface area contributed by atoms with Gasteiger partial charge in [0.05, 0.1) is 19.0 Å². The van der Waals surface area contributed by atoms with Crippen LogP contribution >= 0.6 is 12.6 Å². The lowest BCUT2D eigenvalue weighted by Gasteiger charge is -2.21. The Morgan fingerprint density at radius 2 is 1.61 bits per heavy atom. The molecule has 0 fully saturated rings. The zero-order valence-electron chi connectivity index (χ0n) is 16.4. The number of phenolic OH excluding ortho intramolecular Hbond substituents is 1. The average Bonchev–Trinajstić information content (AvgIpc) is 2.71. The van der Waals surface area contributed by atoms with Crippen molar-refractivity contribution < 1.29 is 34.2 Å². The molecule has 9 N–H and O–H groups in total. The van der Waals surface area contributed by atoms with Crippen molar-refractivity contribution in [1.82, 2.24) is 16.0 Å². The van der Waals surface area contributed by atoms with Crippen LogP contribution in [0.4, 0.5) is 0 Å². The number of carboxylic acids is 1. The van der Waals surface area contributed by atoms with Crippen LogP contribution in [0.15, 0.2) is 24.3 Å². The van der Waals surface area contributed by atoms with Crippen molar-refractivity contribution >= 4 is 42.2 Å². The Morgan fingerprint density at radius 1 is 1.00 bits per heavy atom. The van der Waals surface area contributed by atoms with Gasteiger partial charge in [0.1, 0.15) is 17.8 Å². The van der Waals surface area contributed by atoms with Gasteiger partial charge in [0.15, 0.2) is 0 Å². The molecule has 0 heterocycles. The van der Waals surface area contributed by atoms with Crippen molar-refractivity contribution in [3.05, 3.63) is 29.8 Å². The minimum atomic E-state index is -1.59. The fourth-order valence-corrected chi connectivity index (χ4v) is 2.54. The first-order chi connectivity index (χ1) is 14.5. The number of nitrogens with one attached hydrogen (secondary N) is 3. The van der Waals surface area contributed by atoms with E-state index in [1.807, 2.05) is 0 Å². The average molecular weight is 455 g/mol. The zero-order valence-corrected chi connectivity index (χ0v) is 17.3. The Hall–Kier alpha value is -3.32. The first kappa shape index (κ1) is 25.7. The summed E-state index contributed by atoms with van der Waals surface area (Å²) in [5.74, 6) is -4.59. The molecule has 13 heteroatoms. The van der Waals surface area contributed by atoms with E-state index in [-0.39, 0.29) is 17.9 Å². The smallest absolute Gasteiger partial charge is 0.326 e. The van der Waals surface area contributed by atoms with Crippen LogP contribution in [0.25, 0.3) is 0 Å². The molecule has 1 aromatic carbocycles. The fourth-order valence-electron chi connectivity index (χ4n) is 2.38. The highest BCUT2D eigenvalue weighted by Gasteiger charge is 2.28. The lowest BCUT2D eigenvalue weighted by molar-refractivity contribution is -0.143. The lowest BCUT2D eigenvalue weighted by Crippen LogP contribution is -2.55. The highest BCUT2D eigenvalue weighted by molar-refractivity contribution is 7.80. The van der Waals surface area contributed by atoms with Gasteiger partial charge in [-0.15, -0.1) is 0 Å². The molecular formula is C18H25N5O7S. The van der Waals surface area contributed by atoms with E-state index in [0.29, 0.717) is 5.56 Å². The molecular weight excluding hydrogens is 430 g/mol. The third-order valence-corrected chi connectivity index (χ3v) is 4.40. The Balaban J connectivity index is 2.91. The predicted octanol–water partition coefficient (Wildman–Crippen LogP) is -2.76. The van der Waals surface area contributed by atoms with E-state index < -0.39 is 60.7 Å². The lowest BCUT2D eigenvalue weighted by atomic mass is 10.0. The monoisotopic (exact) mass is 455 g/mol. The Morgan fingerprint density at radius 3 is 2.13 bits per heavy atom. The maximum atomic E-state index is 12.6. The third kappa shape index (κ3) is 9.35. The molecule has 0 aromatic heterocycles.